The molecule has 8 nitrogen and oxygen atoms in total. The molecule has 0 aliphatic carbocycles. The van der Waals surface area contributed by atoms with Gasteiger partial charge >= 0.3 is 0 Å². The Morgan fingerprint density at radius 2 is 1.86 bits per heavy atom. The molecule has 152 valence electrons. The highest BCUT2D eigenvalue weighted by Crippen LogP contribution is 2.25. The van der Waals surface area contributed by atoms with Crippen LogP contribution in [0.25, 0.3) is 0 Å². The number of halogens is 3. The summed E-state index contributed by atoms with van der Waals surface area (Å²) in [6.45, 7) is 1.13. The maximum atomic E-state index is 13.5. The average Bonchev–Trinajstić information content (AvgIpc) is 2.69. The van der Waals surface area contributed by atoms with E-state index in [2.05, 4.69) is 20.4 Å². The largest absolute Gasteiger partial charge is 0.481 e. The molecule has 0 atom stereocenters. The Morgan fingerprint density at radius 3 is 2.48 bits per heavy atom. The van der Waals surface area contributed by atoms with Gasteiger partial charge in [-0.3, -0.25) is 4.79 Å². The summed E-state index contributed by atoms with van der Waals surface area (Å²) in [6.07, 6.45) is 0.930. The van der Waals surface area contributed by atoms with Crippen LogP contribution < -0.4 is 15.6 Å². The Morgan fingerprint density at radius 1 is 1.17 bits per heavy atom. The minimum Gasteiger partial charge on any atom is -0.481 e. The first-order valence-electron chi connectivity index (χ1n) is 8.32. The topological polar surface area (TPSA) is 102 Å². The monoisotopic (exact) mass is 407 g/mol. The fourth-order valence-electron chi connectivity index (χ4n) is 2.61. The maximum absolute atomic E-state index is 13.5. The number of aryl methyl sites for hydroxylation is 1. The van der Waals surface area contributed by atoms with Crippen LogP contribution in [0, 0.1) is 24.4 Å². The summed E-state index contributed by atoms with van der Waals surface area (Å²) in [6, 6.07) is 3.21. The highest BCUT2D eigenvalue weighted by atomic mass is 19.2. The number of ether oxygens (including phenoxy) is 1. The second-order valence-corrected chi connectivity index (χ2v) is 6.02. The van der Waals surface area contributed by atoms with Crippen molar-refractivity contribution in [1.29, 1.82) is 0 Å². The van der Waals surface area contributed by atoms with Gasteiger partial charge in [0.2, 0.25) is 11.8 Å². The standard InChI is InChI=1S/C18H16F3N5O3/c1-9-14(5-11(8-27)17(23-9)29-2)24-18-25-15(28)6-22-26(18)7-10-3-12(19)16(21)13(20)4-10/h3-6,27H,7-8H2,1-2H3,(H,24,25,28). The van der Waals surface area contributed by atoms with Crippen molar-refractivity contribution in [3.05, 3.63) is 69.0 Å². The Balaban J connectivity index is 1.99. The first-order valence-corrected chi connectivity index (χ1v) is 8.32. The van der Waals surface area contributed by atoms with E-state index in [-0.39, 0.29) is 30.5 Å². The van der Waals surface area contributed by atoms with Crippen LogP contribution in [-0.4, -0.2) is 32.0 Å². The van der Waals surface area contributed by atoms with Gasteiger partial charge in [0.15, 0.2) is 17.5 Å². The van der Waals surface area contributed by atoms with Crippen molar-refractivity contribution in [2.24, 2.45) is 0 Å². The Labute approximate surface area is 162 Å². The van der Waals surface area contributed by atoms with Crippen molar-refractivity contribution >= 4 is 11.6 Å². The number of nitrogens with one attached hydrogen (secondary N) is 1. The van der Waals surface area contributed by atoms with Gasteiger partial charge in [0.1, 0.15) is 6.20 Å². The quantitative estimate of drug-likeness (QED) is 0.603. The third kappa shape index (κ3) is 4.35. The van der Waals surface area contributed by atoms with Gasteiger partial charge in [-0.15, -0.1) is 0 Å². The summed E-state index contributed by atoms with van der Waals surface area (Å²) in [5.41, 5.74) is 0.688. The zero-order chi connectivity index (χ0) is 21.1. The number of aliphatic hydroxyl groups is 1. The highest BCUT2D eigenvalue weighted by molar-refractivity contribution is 5.58. The van der Waals surface area contributed by atoms with E-state index in [4.69, 9.17) is 4.74 Å². The van der Waals surface area contributed by atoms with Gasteiger partial charge < -0.3 is 15.2 Å². The van der Waals surface area contributed by atoms with E-state index < -0.39 is 23.0 Å². The second kappa shape index (κ2) is 8.27. The van der Waals surface area contributed by atoms with Crippen molar-refractivity contribution in [3.8, 4) is 5.88 Å². The molecular weight excluding hydrogens is 391 g/mol. The number of hydrogen-bond acceptors (Lipinski definition) is 7. The van der Waals surface area contributed by atoms with Gasteiger partial charge in [0.25, 0.3) is 5.56 Å². The number of methoxy groups -OCH3 is 1. The van der Waals surface area contributed by atoms with Crippen molar-refractivity contribution in [2.75, 3.05) is 12.4 Å². The number of benzene rings is 1. The van der Waals surface area contributed by atoms with Gasteiger partial charge in [-0.25, -0.2) is 22.8 Å². The zero-order valence-corrected chi connectivity index (χ0v) is 15.4. The second-order valence-electron chi connectivity index (χ2n) is 6.02. The van der Waals surface area contributed by atoms with Crippen molar-refractivity contribution in [3.63, 3.8) is 0 Å². The lowest BCUT2D eigenvalue weighted by Crippen LogP contribution is -2.20. The van der Waals surface area contributed by atoms with E-state index in [0.717, 1.165) is 18.3 Å². The van der Waals surface area contributed by atoms with E-state index in [9.17, 15) is 23.1 Å². The summed E-state index contributed by atoms with van der Waals surface area (Å²) in [5, 5.41) is 16.2. The molecule has 0 amide bonds. The van der Waals surface area contributed by atoms with Gasteiger partial charge in [-0.05, 0) is 30.7 Å². The highest BCUT2D eigenvalue weighted by Gasteiger charge is 2.15. The van der Waals surface area contributed by atoms with Gasteiger partial charge in [-0.2, -0.15) is 10.1 Å². The molecule has 0 aliphatic heterocycles. The van der Waals surface area contributed by atoms with E-state index >= 15 is 0 Å². The first kappa shape index (κ1) is 20.3. The molecule has 3 rings (SSSR count). The van der Waals surface area contributed by atoms with Gasteiger partial charge in [-0.1, -0.05) is 0 Å². The molecule has 0 fully saturated rings. The lowest BCUT2D eigenvalue weighted by molar-refractivity contribution is 0.271. The Kier molecular flexibility index (Phi) is 5.78. The molecule has 0 unspecified atom stereocenters. The number of aliphatic hydroxyl groups excluding tert-OH is 1. The van der Waals surface area contributed by atoms with Crippen LogP contribution in [0.1, 0.15) is 16.8 Å². The molecule has 0 saturated heterocycles. The number of aromatic nitrogens is 4. The molecule has 0 saturated carbocycles. The summed E-state index contributed by atoms with van der Waals surface area (Å²) in [4.78, 5) is 19.7. The van der Waals surface area contributed by atoms with Crippen LogP contribution >= 0.6 is 0 Å². The number of hydrogen-bond donors (Lipinski definition) is 2. The number of nitrogens with zero attached hydrogens (tertiary/aromatic N) is 4. The van der Waals surface area contributed by atoms with Crippen LogP contribution in [0.15, 0.2) is 29.2 Å². The smallest absolute Gasteiger partial charge is 0.293 e. The van der Waals surface area contributed by atoms with E-state index in [1.807, 2.05) is 0 Å². The molecule has 0 radical (unpaired) electrons. The van der Waals surface area contributed by atoms with Crippen molar-refractivity contribution in [1.82, 2.24) is 19.7 Å². The van der Waals surface area contributed by atoms with Crippen LogP contribution in [0.3, 0.4) is 0 Å². The molecule has 0 aliphatic rings. The predicted octanol–water partition coefficient (Wildman–Crippen LogP) is 2.05. The lowest BCUT2D eigenvalue weighted by Gasteiger charge is -2.15. The fourth-order valence-corrected chi connectivity index (χ4v) is 2.61. The Hall–Kier alpha value is -3.47. The van der Waals surface area contributed by atoms with Gasteiger partial charge in [0, 0.05) is 5.56 Å². The SMILES string of the molecule is COc1nc(C)c(Nc2nc(=O)cnn2Cc2cc(F)c(F)c(F)c2)cc1CO. The summed E-state index contributed by atoms with van der Waals surface area (Å²) < 4.78 is 46.4. The van der Waals surface area contributed by atoms with Crippen molar-refractivity contribution in [2.45, 2.75) is 20.1 Å². The molecule has 1 aromatic carbocycles. The van der Waals surface area contributed by atoms with Gasteiger partial charge in [0.05, 0.1) is 31.6 Å². The summed E-state index contributed by atoms with van der Waals surface area (Å²) in [7, 11) is 1.41. The van der Waals surface area contributed by atoms with Crippen LogP contribution in [0.5, 0.6) is 5.88 Å². The average molecular weight is 407 g/mol. The normalized spacial score (nSPS) is 10.8. The van der Waals surface area contributed by atoms with E-state index in [1.165, 1.54) is 11.8 Å². The van der Waals surface area contributed by atoms with E-state index in [0.29, 0.717) is 16.9 Å². The molecule has 2 aromatic heterocycles. The fraction of sp³-hybridized carbons (Fsp3) is 0.222. The molecule has 2 heterocycles. The minimum absolute atomic E-state index is 0.0402. The first-order chi connectivity index (χ1) is 13.8. The van der Waals surface area contributed by atoms with Crippen molar-refractivity contribution < 1.29 is 23.0 Å². The molecule has 3 aromatic rings. The summed E-state index contributed by atoms with van der Waals surface area (Å²) in [5.74, 6) is -4.06. The maximum Gasteiger partial charge on any atom is 0.293 e. The minimum atomic E-state index is -1.57. The molecule has 0 bridgehead atoms. The molecule has 0 spiro atoms. The number of rotatable bonds is 6. The zero-order valence-electron chi connectivity index (χ0n) is 15.4. The molecular formula is C18H16F3N5O3. The molecule has 11 heteroatoms. The molecule has 2 N–H and O–H groups in total. The number of pyridine rings is 1. The Bertz CT molecular complexity index is 1100. The van der Waals surface area contributed by atoms with Crippen LogP contribution in [-0.2, 0) is 13.2 Å². The predicted molar refractivity (Wildman–Crippen MR) is 96.4 cm³/mol. The van der Waals surface area contributed by atoms with Crippen LogP contribution in [0.4, 0.5) is 24.8 Å². The summed E-state index contributed by atoms with van der Waals surface area (Å²) >= 11 is 0. The third-order valence-corrected chi connectivity index (χ3v) is 4.01. The van der Waals surface area contributed by atoms with E-state index in [1.54, 1.807) is 13.0 Å². The third-order valence-electron chi connectivity index (χ3n) is 4.01. The number of anilines is 2. The molecule has 29 heavy (non-hydrogen) atoms. The van der Waals surface area contributed by atoms with Crippen LogP contribution in [0.2, 0.25) is 0 Å². The lowest BCUT2D eigenvalue weighted by atomic mass is 10.2.